The summed E-state index contributed by atoms with van der Waals surface area (Å²) in [4.78, 5) is 39.9. The Morgan fingerprint density at radius 3 is 2.23 bits per heavy atom. The van der Waals surface area contributed by atoms with Crippen LogP contribution < -0.4 is 15.1 Å². The molecule has 44 heavy (non-hydrogen) atoms. The Morgan fingerprint density at radius 2 is 1.57 bits per heavy atom. The number of hydrogen-bond acceptors (Lipinski definition) is 10. The Hall–Kier alpha value is -4.87. The van der Waals surface area contributed by atoms with Gasteiger partial charge in [-0.3, -0.25) is 0 Å². The zero-order valence-electron chi connectivity index (χ0n) is 24.3. The standard InChI is InChI=1S/C33H33NO10/c1-3-40-31(37)27-30(41-18-21-10-6-4-7-11-21)23-14-15-25(20(2)29(23)44-32(27)38)43-26-17-34(16-24(35)28(26)36)33(39)42-19-22-12-8-5-9-13-22/h4-15,24,26,28,35-36H,3,16-19H2,1-2H3/t24-,26-,28-/m0/s1. The summed E-state index contributed by atoms with van der Waals surface area (Å²) in [5, 5.41) is 21.6. The summed E-state index contributed by atoms with van der Waals surface area (Å²) in [5.74, 6) is -0.634. The van der Waals surface area contributed by atoms with Crippen molar-refractivity contribution < 1.29 is 43.2 Å². The highest BCUT2D eigenvalue weighted by molar-refractivity contribution is 5.99. The molecule has 3 atom stereocenters. The first-order valence-corrected chi connectivity index (χ1v) is 14.2. The predicted octanol–water partition coefficient (Wildman–Crippen LogP) is 3.98. The van der Waals surface area contributed by atoms with Crippen LogP contribution in [0.5, 0.6) is 11.5 Å². The van der Waals surface area contributed by atoms with Gasteiger partial charge in [0, 0.05) is 5.56 Å². The molecule has 11 nitrogen and oxygen atoms in total. The van der Waals surface area contributed by atoms with Gasteiger partial charge < -0.3 is 38.5 Å². The van der Waals surface area contributed by atoms with Crippen molar-refractivity contribution in [3.63, 3.8) is 0 Å². The van der Waals surface area contributed by atoms with E-state index in [1.807, 2.05) is 60.7 Å². The van der Waals surface area contributed by atoms with Gasteiger partial charge in [-0.15, -0.1) is 0 Å². The molecule has 0 saturated carbocycles. The highest BCUT2D eigenvalue weighted by atomic mass is 16.6. The second-order valence-corrected chi connectivity index (χ2v) is 10.3. The fourth-order valence-electron chi connectivity index (χ4n) is 4.95. The number of β-amino-alcohol motifs (C(OH)–C–C–N with tert-alkyl or cyclic N) is 1. The van der Waals surface area contributed by atoms with Gasteiger partial charge in [-0.25, -0.2) is 14.4 Å². The molecule has 0 bridgehead atoms. The van der Waals surface area contributed by atoms with Crippen LogP contribution in [-0.4, -0.2) is 65.2 Å². The summed E-state index contributed by atoms with van der Waals surface area (Å²) in [6.07, 6.45) is -4.30. The van der Waals surface area contributed by atoms with E-state index in [1.165, 1.54) is 4.90 Å². The summed E-state index contributed by atoms with van der Waals surface area (Å²) >= 11 is 0. The fourth-order valence-corrected chi connectivity index (χ4v) is 4.95. The van der Waals surface area contributed by atoms with E-state index < -0.39 is 36.0 Å². The first kappa shape index (κ1) is 30.6. The molecule has 2 N–H and O–H groups in total. The molecule has 0 spiro atoms. The van der Waals surface area contributed by atoms with E-state index in [-0.39, 0.29) is 55.6 Å². The zero-order valence-corrected chi connectivity index (χ0v) is 24.3. The van der Waals surface area contributed by atoms with Crippen molar-refractivity contribution in [3.05, 3.63) is 105 Å². The largest absolute Gasteiger partial charge is 0.487 e. The van der Waals surface area contributed by atoms with Crippen molar-refractivity contribution in [1.29, 1.82) is 0 Å². The number of rotatable bonds is 9. The Labute approximate surface area is 253 Å². The third kappa shape index (κ3) is 6.69. The summed E-state index contributed by atoms with van der Waals surface area (Å²) in [7, 11) is 0. The molecule has 1 aromatic heterocycles. The summed E-state index contributed by atoms with van der Waals surface area (Å²) < 4.78 is 28.2. The third-order valence-corrected chi connectivity index (χ3v) is 7.26. The van der Waals surface area contributed by atoms with E-state index in [2.05, 4.69) is 0 Å². The number of benzene rings is 3. The van der Waals surface area contributed by atoms with Crippen LogP contribution in [0.3, 0.4) is 0 Å². The summed E-state index contributed by atoms with van der Waals surface area (Å²) in [6.45, 7) is 3.23. The van der Waals surface area contributed by atoms with Crippen LogP contribution in [0.1, 0.15) is 34.0 Å². The van der Waals surface area contributed by atoms with Crippen molar-refractivity contribution >= 4 is 23.0 Å². The topological polar surface area (TPSA) is 145 Å². The lowest BCUT2D eigenvalue weighted by Crippen LogP contribution is -2.58. The van der Waals surface area contributed by atoms with Gasteiger partial charge in [0.25, 0.3) is 0 Å². The minimum Gasteiger partial charge on any atom is -0.487 e. The van der Waals surface area contributed by atoms with Gasteiger partial charge in [-0.1, -0.05) is 60.7 Å². The minimum atomic E-state index is -1.31. The Kier molecular flexibility index (Phi) is 9.47. The molecule has 1 saturated heterocycles. The molecule has 3 aromatic carbocycles. The average molecular weight is 604 g/mol. The number of fused-ring (bicyclic) bond motifs is 1. The number of amides is 1. The molecule has 1 aliphatic rings. The predicted molar refractivity (Wildman–Crippen MR) is 159 cm³/mol. The van der Waals surface area contributed by atoms with Crippen molar-refractivity contribution in [3.8, 4) is 11.5 Å². The normalized spacial score (nSPS) is 18.1. The van der Waals surface area contributed by atoms with Crippen LogP contribution in [0.2, 0.25) is 0 Å². The maximum atomic E-state index is 13.1. The Balaban J connectivity index is 1.41. The number of nitrogens with zero attached hydrogens (tertiary/aromatic N) is 1. The maximum Gasteiger partial charge on any atom is 0.410 e. The fraction of sp³-hybridized carbons (Fsp3) is 0.303. The molecule has 11 heteroatoms. The van der Waals surface area contributed by atoms with Gasteiger partial charge in [0.05, 0.1) is 25.1 Å². The number of ether oxygens (including phenoxy) is 4. The molecule has 0 aliphatic carbocycles. The molecule has 1 fully saturated rings. The number of carbonyl (C=O) groups excluding carboxylic acids is 2. The zero-order chi connectivity index (χ0) is 31.2. The van der Waals surface area contributed by atoms with E-state index >= 15 is 0 Å². The van der Waals surface area contributed by atoms with E-state index in [0.717, 1.165) is 11.1 Å². The molecule has 1 amide bonds. The van der Waals surface area contributed by atoms with Crippen LogP contribution in [0, 0.1) is 6.92 Å². The second kappa shape index (κ2) is 13.6. The number of likely N-dealkylation sites (tertiary alicyclic amines) is 1. The number of aliphatic hydroxyl groups is 2. The van der Waals surface area contributed by atoms with Gasteiger partial charge in [-0.2, -0.15) is 0 Å². The van der Waals surface area contributed by atoms with Crippen molar-refractivity contribution in [1.82, 2.24) is 4.90 Å². The number of carbonyl (C=O) groups is 2. The van der Waals surface area contributed by atoms with Crippen molar-refractivity contribution in [2.45, 2.75) is 45.4 Å². The lowest BCUT2D eigenvalue weighted by molar-refractivity contribution is -0.0963. The van der Waals surface area contributed by atoms with Crippen LogP contribution in [-0.2, 0) is 22.7 Å². The minimum absolute atomic E-state index is 0.00802. The van der Waals surface area contributed by atoms with E-state index in [0.29, 0.717) is 10.9 Å². The molecule has 5 rings (SSSR count). The van der Waals surface area contributed by atoms with Crippen LogP contribution in [0.15, 0.2) is 82.0 Å². The number of piperidine rings is 1. The Morgan fingerprint density at radius 1 is 0.909 bits per heavy atom. The van der Waals surface area contributed by atoms with Gasteiger partial charge in [0.1, 0.15) is 42.9 Å². The summed E-state index contributed by atoms with van der Waals surface area (Å²) in [6, 6.07) is 21.6. The number of aliphatic hydroxyl groups excluding tert-OH is 2. The molecule has 230 valence electrons. The van der Waals surface area contributed by atoms with Gasteiger partial charge in [0.2, 0.25) is 0 Å². The maximum absolute atomic E-state index is 13.1. The lowest BCUT2D eigenvalue weighted by Gasteiger charge is -2.38. The lowest BCUT2D eigenvalue weighted by atomic mass is 10.0. The smallest absolute Gasteiger partial charge is 0.410 e. The number of aryl methyl sites for hydroxylation is 1. The van der Waals surface area contributed by atoms with E-state index in [4.69, 9.17) is 23.4 Å². The number of esters is 1. The second-order valence-electron chi connectivity index (χ2n) is 10.3. The molecule has 0 unspecified atom stereocenters. The molecule has 0 radical (unpaired) electrons. The van der Waals surface area contributed by atoms with Crippen LogP contribution >= 0.6 is 0 Å². The van der Waals surface area contributed by atoms with Crippen molar-refractivity contribution in [2.24, 2.45) is 0 Å². The monoisotopic (exact) mass is 603 g/mol. The third-order valence-electron chi connectivity index (χ3n) is 7.26. The molecule has 4 aromatic rings. The molecular weight excluding hydrogens is 570 g/mol. The SMILES string of the molecule is CCOC(=O)c1c(OCc2ccccc2)c2ccc(O[C@H]3CN(C(=O)OCc4ccccc4)C[C@H](O)[C@@H]3O)c(C)c2oc1=O. The first-order valence-electron chi connectivity index (χ1n) is 14.2. The first-order chi connectivity index (χ1) is 21.3. The van der Waals surface area contributed by atoms with Crippen molar-refractivity contribution in [2.75, 3.05) is 19.7 Å². The average Bonchev–Trinajstić information content (AvgIpc) is 3.03. The van der Waals surface area contributed by atoms with Gasteiger partial charge >= 0.3 is 17.7 Å². The van der Waals surface area contributed by atoms with E-state index in [9.17, 15) is 24.6 Å². The highest BCUT2D eigenvalue weighted by Crippen LogP contribution is 2.35. The van der Waals surface area contributed by atoms with E-state index in [1.54, 1.807) is 26.0 Å². The summed E-state index contributed by atoms with van der Waals surface area (Å²) in [5.41, 5.74) is 0.798. The number of hydrogen-bond donors (Lipinski definition) is 2. The van der Waals surface area contributed by atoms with Gasteiger partial charge in [0.15, 0.2) is 11.3 Å². The molecule has 1 aliphatic heterocycles. The van der Waals surface area contributed by atoms with Gasteiger partial charge in [-0.05, 0) is 37.1 Å². The Bertz CT molecular complexity index is 1670. The molecule has 2 heterocycles. The van der Waals surface area contributed by atoms with Crippen LogP contribution in [0.4, 0.5) is 4.79 Å². The van der Waals surface area contributed by atoms with Crippen LogP contribution in [0.25, 0.3) is 11.0 Å². The quantitative estimate of drug-likeness (QED) is 0.213. The highest BCUT2D eigenvalue weighted by Gasteiger charge is 2.39. The molecular formula is C33H33NO10.